The van der Waals surface area contributed by atoms with Crippen molar-refractivity contribution in [2.75, 3.05) is 6.54 Å². The van der Waals surface area contributed by atoms with Crippen LogP contribution in [0.1, 0.15) is 56.8 Å². The Hall–Kier alpha value is -1.75. The summed E-state index contributed by atoms with van der Waals surface area (Å²) in [7, 11) is 0. The molecule has 1 atom stereocenters. The number of nitrogens with zero attached hydrogens (tertiary/aromatic N) is 2. The smallest absolute Gasteiger partial charge is 0.229 e. The monoisotopic (exact) mass is 291 g/mol. The molecule has 4 nitrogen and oxygen atoms in total. The standard InChI is InChI=1S/C16H22FN3O/c1-11(5-4-10-18)14-19-15(20-21-14)16(2,3)12-6-8-13(17)9-7-12/h6-9,11H,4-5,10,18H2,1-3H3. The van der Waals surface area contributed by atoms with Crippen molar-refractivity contribution in [3.05, 3.63) is 47.4 Å². The SMILES string of the molecule is CC(CCCN)c1nc(C(C)(C)c2ccc(F)cc2)no1. The third-order valence-electron chi connectivity index (χ3n) is 3.83. The van der Waals surface area contributed by atoms with Gasteiger partial charge in [0.05, 0.1) is 5.41 Å². The molecule has 1 aromatic heterocycles. The zero-order valence-corrected chi connectivity index (χ0v) is 12.8. The van der Waals surface area contributed by atoms with Crippen molar-refractivity contribution in [3.63, 3.8) is 0 Å². The second kappa shape index (κ2) is 6.35. The van der Waals surface area contributed by atoms with Gasteiger partial charge in [0.2, 0.25) is 5.89 Å². The van der Waals surface area contributed by atoms with Crippen LogP contribution in [0.4, 0.5) is 4.39 Å². The highest BCUT2D eigenvalue weighted by Crippen LogP contribution is 2.30. The van der Waals surface area contributed by atoms with Crippen LogP contribution in [-0.4, -0.2) is 16.7 Å². The summed E-state index contributed by atoms with van der Waals surface area (Å²) < 4.78 is 18.4. The summed E-state index contributed by atoms with van der Waals surface area (Å²) in [5.74, 6) is 1.19. The minimum absolute atomic E-state index is 0.193. The fourth-order valence-corrected chi connectivity index (χ4v) is 2.23. The van der Waals surface area contributed by atoms with Crippen LogP contribution in [0.5, 0.6) is 0 Å². The maximum Gasteiger partial charge on any atom is 0.229 e. The number of hydrogen-bond acceptors (Lipinski definition) is 4. The zero-order chi connectivity index (χ0) is 15.5. The first kappa shape index (κ1) is 15.6. The Balaban J connectivity index is 2.21. The topological polar surface area (TPSA) is 64.9 Å². The van der Waals surface area contributed by atoms with E-state index in [2.05, 4.69) is 17.1 Å². The molecular weight excluding hydrogens is 269 g/mol. The van der Waals surface area contributed by atoms with E-state index in [9.17, 15) is 4.39 Å². The van der Waals surface area contributed by atoms with Crippen molar-refractivity contribution in [1.29, 1.82) is 0 Å². The number of hydrogen-bond donors (Lipinski definition) is 1. The molecule has 0 amide bonds. The van der Waals surface area contributed by atoms with E-state index in [1.165, 1.54) is 12.1 Å². The highest BCUT2D eigenvalue weighted by Gasteiger charge is 2.29. The molecule has 1 heterocycles. The fraction of sp³-hybridized carbons (Fsp3) is 0.500. The van der Waals surface area contributed by atoms with Crippen LogP contribution in [0.2, 0.25) is 0 Å². The Morgan fingerprint density at radius 3 is 2.57 bits per heavy atom. The van der Waals surface area contributed by atoms with Crippen LogP contribution in [0.15, 0.2) is 28.8 Å². The summed E-state index contributed by atoms with van der Waals surface area (Å²) in [6.07, 6.45) is 1.86. The number of nitrogens with two attached hydrogens (primary N) is 1. The summed E-state index contributed by atoms with van der Waals surface area (Å²) in [4.78, 5) is 4.52. The van der Waals surface area contributed by atoms with E-state index in [4.69, 9.17) is 10.3 Å². The average molecular weight is 291 g/mol. The first-order valence-electron chi connectivity index (χ1n) is 7.25. The van der Waals surface area contributed by atoms with E-state index >= 15 is 0 Å². The third kappa shape index (κ3) is 3.47. The predicted octanol–water partition coefficient (Wildman–Crippen LogP) is 3.38. The second-order valence-electron chi connectivity index (χ2n) is 5.92. The lowest BCUT2D eigenvalue weighted by atomic mass is 9.84. The lowest BCUT2D eigenvalue weighted by Gasteiger charge is -2.20. The van der Waals surface area contributed by atoms with Gasteiger partial charge < -0.3 is 10.3 Å². The van der Waals surface area contributed by atoms with Crippen LogP contribution in [0.3, 0.4) is 0 Å². The van der Waals surface area contributed by atoms with E-state index in [0.717, 1.165) is 18.4 Å². The van der Waals surface area contributed by atoms with Crippen molar-refractivity contribution in [2.45, 2.75) is 44.9 Å². The lowest BCUT2D eigenvalue weighted by Crippen LogP contribution is -2.21. The summed E-state index contributed by atoms with van der Waals surface area (Å²) in [6, 6.07) is 6.40. The maximum atomic E-state index is 13.0. The van der Waals surface area contributed by atoms with Gasteiger partial charge in [0.15, 0.2) is 5.82 Å². The first-order chi connectivity index (χ1) is 9.95. The molecule has 1 aromatic carbocycles. The number of halogens is 1. The fourth-order valence-electron chi connectivity index (χ4n) is 2.23. The van der Waals surface area contributed by atoms with Crippen LogP contribution in [-0.2, 0) is 5.41 Å². The molecule has 0 aliphatic heterocycles. The minimum Gasteiger partial charge on any atom is -0.339 e. The minimum atomic E-state index is -0.428. The Morgan fingerprint density at radius 1 is 1.29 bits per heavy atom. The van der Waals surface area contributed by atoms with Gasteiger partial charge in [-0.25, -0.2) is 4.39 Å². The molecule has 2 aromatic rings. The van der Waals surface area contributed by atoms with Gasteiger partial charge in [0.1, 0.15) is 5.82 Å². The molecule has 0 radical (unpaired) electrons. The Bertz CT molecular complexity index is 577. The molecule has 0 spiro atoms. The van der Waals surface area contributed by atoms with Crippen molar-refractivity contribution in [3.8, 4) is 0 Å². The Kier molecular flexibility index (Phi) is 4.73. The van der Waals surface area contributed by atoms with Crippen molar-refractivity contribution >= 4 is 0 Å². The number of aromatic nitrogens is 2. The first-order valence-corrected chi connectivity index (χ1v) is 7.25. The molecule has 0 fully saturated rings. The van der Waals surface area contributed by atoms with Crippen molar-refractivity contribution in [2.24, 2.45) is 5.73 Å². The molecule has 21 heavy (non-hydrogen) atoms. The molecule has 1 unspecified atom stereocenters. The largest absolute Gasteiger partial charge is 0.339 e. The van der Waals surface area contributed by atoms with Crippen molar-refractivity contribution < 1.29 is 8.91 Å². The van der Waals surface area contributed by atoms with Crippen molar-refractivity contribution in [1.82, 2.24) is 10.1 Å². The summed E-state index contributed by atoms with van der Waals surface area (Å²) >= 11 is 0. The van der Waals surface area contributed by atoms with Gasteiger partial charge in [-0.2, -0.15) is 4.98 Å². The van der Waals surface area contributed by atoms with Gasteiger partial charge in [0, 0.05) is 5.92 Å². The van der Waals surface area contributed by atoms with E-state index in [0.29, 0.717) is 18.3 Å². The molecule has 0 aliphatic rings. The molecule has 0 aliphatic carbocycles. The van der Waals surface area contributed by atoms with Gasteiger partial charge in [0.25, 0.3) is 0 Å². The van der Waals surface area contributed by atoms with Gasteiger partial charge in [-0.15, -0.1) is 0 Å². The van der Waals surface area contributed by atoms with E-state index in [1.54, 1.807) is 12.1 Å². The molecule has 0 saturated carbocycles. The number of rotatable bonds is 6. The Labute approximate surface area is 124 Å². The van der Waals surface area contributed by atoms with E-state index < -0.39 is 5.41 Å². The van der Waals surface area contributed by atoms with Crippen LogP contribution < -0.4 is 5.73 Å². The quantitative estimate of drug-likeness (QED) is 0.886. The molecule has 5 heteroatoms. The number of benzene rings is 1. The molecular formula is C16H22FN3O. The van der Waals surface area contributed by atoms with Crippen LogP contribution in [0.25, 0.3) is 0 Å². The highest BCUT2D eigenvalue weighted by molar-refractivity contribution is 5.30. The van der Waals surface area contributed by atoms with Gasteiger partial charge in [-0.1, -0.05) is 24.2 Å². The summed E-state index contributed by atoms with van der Waals surface area (Å²) in [5.41, 5.74) is 6.04. The normalized spacial score (nSPS) is 13.4. The van der Waals surface area contributed by atoms with Gasteiger partial charge in [-0.3, -0.25) is 0 Å². The molecule has 0 saturated heterocycles. The average Bonchev–Trinajstić information content (AvgIpc) is 2.96. The van der Waals surface area contributed by atoms with Gasteiger partial charge in [-0.05, 0) is 50.9 Å². The predicted molar refractivity (Wildman–Crippen MR) is 79.5 cm³/mol. The van der Waals surface area contributed by atoms with Crippen LogP contribution >= 0.6 is 0 Å². The van der Waals surface area contributed by atoms with Crippen LogP contribution in [0, 0.1) is 5.82 Å². The third-order valence-corrected chi connectivity index (χ3v) is 3.83. The zero-order valence-electron chi connectivity index (χ0n) is 12.8. The molecule has 114 valence electrons. The van der Waals surface area contributed by atoms with E-state index in [-0.39, 0.29) is 11.7 Å². The summed E-state index contributed by atoms with van der Waals surface area (Å²) in [6.45, 7) is 6.71. The maximum absolute atomic E-state index is 13.0. The second-order valence-corrected chi connectivity index (χ2v) is 5.92. The molecule has 0 bridgehead atoms. The lowest BCUT2D eigenvalue weighted by molar-refractivity contribution is 0.343. The highest BCUT2D eigenvalue weighted by atomic mass is 19.1. The Morgan fingerprint density at radius 2 is 1.95 bits per heavy atom. The van der Waals surface area contributed by atoms with E-state index in [1.807, 2.05) is 13.8 Å². The molecule has 2 N–H and O–H groups in total. The van der Waals surface area contributed by atoms with Gasteiger partial charge >= 0.3 is 0 Å². The summed E-state index contributed by atoms with van der Waals surface area (Å²) in [5, 5.41) is 4.10. The molecule has 2 rings (SSSR count).